The maximum absolute atomic E-state index is 15.2. The maximum atomic E-state index is 15.2. The van der Waals surface area contributed by atoms with Gasteiger partial charge in [-0.05, 0) is 6.07 Å². The Labute approximate surface area is 172 Å². The number of rotatable bonds is 4. The molecule has 5 atom stereocenters. The molecule has 162 valence electrons. The van der Waals surface area contributed by atoms with E-state index in [9.17, 15) is 24.0 Å². The standard InChI is InChI=1S/C16H15F2N2O8PS/c17-9-5-20(15(23)19-13(9)30)14-11(21)12(22)16(18,27-14)7-26-29(24)25-6-8-3-1-2-4-10(8)28-29/h1-5,11-12,14,21-22H,6-7H2,(H,19,23,30)/t11-,12+,14-,16-,29?/m1/s1. The van der Waals surface area contributed by atoms with Gasteiger partial charge in [0.15, 0.2) is 12.0 Å². The summed E-state index contributed by atoms with van der Waals surface area (Å²) in [6, 6.07) is 6.52. The fourth-order valence-electron chi connectivity index (χ4n) is 2.98. The third-order valence-electron chi connectivity index (χ3n) is 4.55. The van der Waals surface area contributed by atoms with Crippen LogP contribution in [0.2, 0.25) is 0 Å². The van der Waals surface area contributed by atoms with Gasteiger partial charge < -0.3 is 19.5 Å². The predicted octanol–water partition coefficient (Wildman–Crippen LogP) is 1.70. The number of aromatic nitrogens is 2. The number of halogens is 2. The van der Waals surface area contributed by atoms with Crippen LogP contribution in [-0.2, 0) is 25.0 Å². The summed E-state index contributed by atoms with van der Waals surface area (Å²) in [5, 5.41) is 20.2. The lowest BCUT2D eigenvalue weighted by atomic mass is 10.1. The van der Waals surface area contributed by atoms with Crippen LogP contribution >= 0.6 is 20.0 Å². The zero-order valence-electron chi connectivity index (χ0n) is 14.9. The van der Waals surface area contributed by atoms with E-state index in [2.05, 4.69) is 12.2 Å². The van der Waals surface area contributed by atoms with Crippen molar-refractivity contribution in [2.24, 2.45) is 0 Å². The first kappa shape index (κ1) is 21.2. The lowest BCUT2D eigenvalue weighted by molar-refractivity contribution is -0.205. The Morgan fingerprint density at radius 1 is 1.40 bits per heavy atom. The molecular weight excluding hydrogens is 449 g/mol. The van der Waals surface area contributed by atoms with Gasteiger partial charge in [0.1, 0.15) is 29.2 Å². The summed E-state index contributed by atoms with van der Waals surface area (Å²) in [6.45, 7) is -1.30. The van der Waals surface area contributed by atoms with E-state index >= 15 is 4.39 Å². The third kappa shape index (κ3) is 3.73. The second kappa shape index (κ2) is 7.61. The number of aliphatic hydroxyl groups is 2. The van der Waals surface area contributed by atoms with Gasteiger partial charge in [-0.3, -0.25) is 18.6 Å². The number of nitrogens with one attached hydrogen (secondary N) is 1. The second-order valence-corrected chi connectivity index (χ2v) is 8.57. The predicted molar refractivity (Wildman–Crippen MR) is 97.2 cm³/mol. The van der Waals surface area contributed by atoms with Crippen molar-refractivity contribution in [1.82, 2.24) is 9.55 Å². The number of hydrogen-bond donors (Lipinski definition) is 3. The molecule has 0 bridgehead atoms. The Balaban J connectivity index is 1.52. The number of H-pyrrole nitrogens is 1. The quantitative estimate of drug-likeness (QED) is 0.457. The monoisotopic (exact) mass is 464 g/mol. The summed E-state index contributed by atoms with van der Waals surface area (Å²) in [4.78, 5) is 14.0. The van der Waals surface area contributed by atoms with E-state index in [1.807, 2.05) is 4.98 Å². The van der Waals surface area contributed by atoms with Crippen molar-refractivity contribution in [3.05, 3.63) is 57.0 Å². The average molecular weight is 464 g/mol. The summed E-state index contributed by atoms with van der Waals surface area (Å²) in [5.41, 5.74) is -0.413. The Bertz CT molecular complexity index is 1140. The van der Waals surface area contributed by atoms with E-state index in [4.69, 9.17) is 18.3 Å². The molecule has 14 heteroatoms. The minimum Gasteiger partial charge on any atom is -0.404 e. The molecule has 1 aromatic carbocycles. The fourth-order valence-corrected chi connectivity index (χ4v) is 4.35. The van der Waals surface area contributed by atoms with Crippen molar-refractivity contribution in [2.75, 3.05) is 6.61 Å². The van der Waals surface area contributed by atoms with Crippen LogP contribution in [0.3, 0.4) is 0 Å². The first-order valence-electron chi connectivity index (χ1n) is 8.52. The van der Waals surface area contributed by atoms with E-state index in [0.717, 1.165) is 0 Å². The second-order valence-electron chi connectivity index (χ2n) is 6.57. The fraction of sp³-hybridized carbons (Fsp3) is 0.375. The Morgan fingerprint density at radius 2 is 2.13 bits per heavy atom. The van der Waals surface area contributed by atoms with Gasteiger partial charge in [0.05, 0.1) is 12.8 Å². The summed E-state index contributed by atoms with van der Waals surface area (Å²) >= 11 is 4.58. The van der Waals surface area contributed by atoms with E-state index < -0.39 is 54.9 Å². The van der Waals surface area contributed by atoms with E-state index in [1.165, 1.54) is 6.07 Å². The van der Waals surface area contributed by atoms with Crippen molar-refractivity contribution < 1.29 is 41.9 Å². The van der Waals surface area contributed by atoms with Crippen LogP contribution in [0.25, 0.3) is 0 Å². The van der Waals surface area contributed by atoms with Crippen LogP contribution in [0.1, 0.15) is 11.8 Å². The minimum atomic E-state index is -4.26. The molecule has 1 unspecified atom stereocenters. The summed E-state index contributed by atoms with van der Waals surface area (Å²) in [6.07, 6.45) is -5.45. The van der Waals surface area contributed by atoms with Gasteiger partial charge in [0, 0.05) is 5.56 Å². The topological polar surface area (TPSA) is 132 Å². The molecule has 1 saturated heterocycles. The lowest BCUT2D eigenvalue weighted by Gasteiger charge is -2.28. The number of alkyl halides is 1. The molecule has 30 heavy (non-hydrogen) atoms. The molecule has 0 aliphatic carbocycles. The first-order chi connectivity index (χ1) is 14.1. The molecule has 2 aliphatic rings. The van der Waals surface area contributed by atoms with Crippen molar-refractivity contribution in [1.29, 1.82) is 0 Å². The zero-order valence-corrected chi connectivity index (χ0v) is 16.6. The van der Waals surface area contributed by atoms with Crippen LogP contribution < -0.4 is 10.2 Å². The number of aromatic amines is 1. The molecule has 1 fully saturated rings. The number of phosphoric acid groups is 1. The number of nitrogens with zero attached hydrogens (tertiary/aromatic N) is 1. The van der Waals surface area contributed by atoms with Gasteiger partial charge >= 0.3 is 13.5 Å². The highest BCUT2D eigenvalue weighted by atomic mass is 32.1. The molecule has 1 aromatic heterocycles. The number of para-hydroxylation sites is 1. The van der Waals surface area contributed by atoms with Crippen molar-refractivity contribution in [2.45, 2.75) is 30.9 Å². The summed E-state index contributed by atoms with van der Waals surface area (Å²) < 4.78 is 61.6. The zero-order chi connectivity index (χ0) is 21.7. The highest BCUT2D eigenvalue weighted by molar-refractivity contribution is 7.71. The summed E-state index contributed by atoms with van der Waals surface area (Å²) in [7, 11) is -4.26. The SMILES string of the molecule is O=c1[nH]c(=S)c(F)cn1[C@@H]1O[C@](F)(COP2(=O)OCc3ccccc3O2)[C@@H](O)[C@H]1O. The van der Waals surface area contributed by atoms with Crippen LogP contribution in [0.4, 0.5) is 8.78 Å². The molecule has 10 nitrogen and oxygen atoms in total. The lowest BCUT2D eigenvalue weighted by Crippen LogP contribution is -2.43. The normalized spacial score (nSPS) is 33.1. The first-order valence-corrected chi connectivity index (χ1v) is 10.4. The minimum absolute atomic E-state index is 0.126. The number of fused-ring (bicyclic) bond motifs is 1. The van der Waals surface area contributed by atoms with Gasteiger partial charge in [0.25, 0.3) is 5.85 Å². The molecular formula is C16H15F2N2O8PS. The largest absolute Gasteiger partial charge is 0.530 e. The maximum Gasteiger partial charge on any atom is 0.530 e. The molecule has 2 aliphatic heterocycles. The molecule has 0 radical (unpaired) electrons. The van der Waals surface area contributed by atoms with Gasteiger partial charge in [0.2, 0.25) is 0 Å². The molecule has 3 N–H and O–H groups in total. The van der Waals surface area contributed by atoms with Gasteiger partial charge in [-0.1, -0.05) is 30.4 Å². The Kier molecular flexibility index (Phi) is 5.39. The third-order valence-corrected chi connectivity index (χ3v) is 6.16. The Morgan fingerprint density at radius 3 is 2.90 bits per heavy atom. The molecule has 0 spiro atoms. The molecule has 3 heterocycles. The number of phosphoric ester groups is 1. The van der Waals surface area contributed by atoms with E-state index in [-0.39, 0.29) is 12.4 Å². The highest BCUT2D eigenvalue weighted by Gasteiger charge is 2.57. The number of ether oxygens (including phenoxy) is 1. The van der Waals surface area contributed by atoms with Crippen molar-refractivity contribution in [3.63, 3.8) is 0 Å². The smallest absolute Gasteiger partial charge is 0.404 e. The Hall–Kier alpha value is -1.99. The van der Waals surface area contributed by atoms with Crippen LogP contribution in [0.15, 0.2) is 35.3 Å². The van der Waals surface area contributed by atoms with Gasteiger partial charge in [-0.25, -0.2) is 18.1 Å². The molecule has 0 amide bonds. The van der Waals surface area contributed by atoms with E-state index in [1.54, 1.807) is 18.2 Å². The number of hydrogen-bond acceptors (Lipinski definition) is 9. The van der Waals surface area contributed by atoms with Crippen molar-refractivity contribution >= 4 is 20.0 Å². The van der Waals surface area contributed by atoms with Gasteiger partial charge in [-0.2, -0.15) is 0 Å². The average Bonchev–Trinajstić information content (AvgIpc) is 2.94. The molecule has 2 aromatic rings. The van der Waals surface area contributed by atoms with Crippen LogP contribution in [-0.4, -0.2) is 44.4 Å². The van der Waals surface area contributed by atoms with E-state index in [0.29, 0.717) is 16.3 Å². The summed E-state index contributed by atoms with van der Waals surface area (Å²) in [5.74, 6) is -3.93. The number of aliphatic hydroxyl groups excluding tert-OH is 2. The van der Waals surface area contributed by atoms with Crippen LogP contribution in [0, 0.1) is 10.5 Å². The van der Waals surface area contributed by atoms with Gasteiger partial charge in [-0.15, -0.1) is 0 Å². The van der Waals surface area contributed by atoms with Crippen molar-refractivity contribution in [3.8, 4) is 5.75 Å². The number of benzene rings is 1. The molecule has 4 rings (SSSR count). The molecule has 0 saturated carbocycles. The van der Waals surface area contributed by atoms with Crippen LogP contribution in [0.5, 0.6) is 5.75 Å². The highest BCUT2D eigenvalue weighted by Crippen LogP contribution is 2.55.